The fourth-order valence-corrected chi connectivity index (χ4v) is 7.95. The molecule has 0 radical (unpaired) electrons. The van der Waals surface area contributed by atoms with Crippen LogP contribution in [0, 0.1) is 0 Å². The van der Waals surface area contributed by atoms with Crippen molar-refractivity contribution in [2.75, 3.05) is 26.4 Å². The van der Waals surface area contributed by atoms with Crippen molar-refractivity contribution >= 4 is 19.8 Å². The van der Waals surface area contributed by atoms with Gasteiger partial charge in [0.2, 0.25) is 0 Å². The molecule has 63 heavy (non-hydrogen) atoms. The third kappa shape index (κ3) is 41.3. The van der Waals surface area contributed by atoms with Crippen molar-refractivity contribution in [2.24, 2.45) is 0 Å². The topological polar surface area (TPSA) is 189 Å². The molecule has 13 heteroatoms. The van der Waals surface area contributed by atoms with Gasteiger partial charge in [-0.3, -0.25) is 18.6 Å². The molecule has 0 aromatic carbocycles. The monoisotopic (exact) mass is 917 g/mol. The van der Waals surface area contributed by atoms with Crippen molar-refractivity contribution in [3.05, 3.63) is 36.5 Å². The lowest BCUT2D eigenvalue weighted by atomic mass is 10.1. The Morgan fingerprint density at radius 2 is 0.873 bits per heavy atom. The third-order valence-corrected chi connectivity index (χ3v) is 12.0. The number of phosphoric acid groups is 1. The SMILES string of the molecule is CCCCCCC/C=C\CCCCCCCCCC/C=C\CCCCC(=O)OC[C@H](COP(=O)(O)O[C@H](CO)[C@@H](O)[C@H](O)CO)OC(=O)CCCC/C=C\CCCCCCCCC. The number of esters is 2. The lowest BCUT2D eigenvalue weighted by Crippen LogP contribution is -2.42. The predicted octanol–water partition coefficient (Wildman–Crippen LogP) is 11.8. The van der Waals surface area contributed by atoms with Crippen LogP contribution < -0.4 is 0 Å². The highest BCUT2D eigenvalue weighted by molar-refractivity contribution is 7.47. The first-order valence-corrected chi connectivity index (χ1v) is 26.6. The Morgan fingerprint density at radius 1 is 0.508 bits per heavy atom. The standard InChI is InChI=1S/C50H93O12P/c1-3-5-7-9-11-13-15-17-18-19-20-21-22-23-24-25-26-28-29-31-33-35-37-39-48(54)59-43-45(44-60-63(57,58)62-47(42-52)50(56)46(53)41-51)61-49(55)40-38-36-34-32-30-27-16-14-12-10-8-6-4-2/h15,17,29-32,45-47,50-53,56H,3-14,16,18-28,33-44H2,1-2H3,(H,57,58)/b17-15-,31-29-,32-30-/t45-,46-,47-,50+/m1/s1. The summed E-state index contributed by atoms with van der Waals surface area (Å²) in [5.41, 5.74) is 0. The number of hydrogen-bond donors (Lipinski definition) is 5. The highest BCUT2D eigenvalue weighted by atomic mass is 31.2. The van der Waals surface area contributed by atoms with Crippen LogP contribution in [0.2, 0.25) is 0 Å². The van der Waals surface area contributed by atoms with Crippen LogP contribution in [0.5, 0.6) is 0 Å². The number of carbonyl (C=O) groups excluding carboxylic acids is 2. The Balaban J connectivity index is 4.46. The summed E-state index contributed by atoms with van der Waals surface area (Å²) in [5, 5.41) is 38.3. The van der Waals surface area contributed by atoms with E-state index < -0.39 is 70.6 Å². The molecule has 5 N–H and O–H groups in total. The fourth-order valence-electron chi connectivity index (χ4n) is 7.00. The van der Waals surface area contributed by atoms with E-state index in [9.17, 15) is 34.4 Å². The molecular formula is C50H93O12P. The number of unbranched alkanes of at least 4 members (excludes halogenated alkanes) is 25. The van der Waals surface area contributed by atoms with Crippen molar-refractivity contribution in [1.29, 1.82) is 0 Å². The van der Waals surface area contributed by atoms with E-state index in [-0.39, 0.29) is 12.8 Å². The molecule has 0 heterocycles. The van der Waals surface area contributed by atoms with E-state index in [1.165, 1.54) is 141 Å². The van der Waals surface area contributed by atoms with Crippen LogP contribution >= 0.6 is 7.82 Å². The molecule has 370 valence electrons. The highest BCUT2D eigenvalue weighted by Gasteiger charge is 2.35. The van der Waals surface area contributed by atoms with Crippen LogP contribution in [0.25, 0.3) is 0 Å². The lowest BCUT2D eigenvalue weighted by molar-refractivity contribution is -0.161. The van der Waals surface area contributed by atoms with Gasteiger partial charge in [0.1, 0.15) is 24.9 Å². The summed E-state index contributed by atoms with van der Waals surface area (Å²) in [4.78, 5) is 35.5. The fraction of sp³-hybridized carbons (Fsp3) is 0.840. The summed E-state index contributed by atoms with van der Waals surface area (Å²) in [6, 6.07) is 0. The van der Waals surface area contributed by atoms with E-state index >= 15 is 0 Å². The summed E-state index contributed by atoms with van der Waals surface area (Å²) in [6.45, 7) is 1.52. The molecule has 0 aliphatic rings. The van der Waals surface area contributed by atoms with Gasteiger partial charge >= 0.3 is 19.8 Å². The number of aliphatic hydroxyl groups is 4. The zero-order valence-corrected chi connectivity index (χ0v) is 40.7. The molecule has 0 rings (SSSR count). The molecule has 0 aliphatic carbocycles. The smallest absolute Gasteiger partial charge is 0.462 e. The molecule has 0 bridgehead atoms. The van der Waals surface area contributed by atoms with Gasteiger partial charge in [-0.05, 0) is 89.9 Å². The Labute approximate surface area is 383 Å². The molecule has 5 atom stereocenters. The zero-order valence-electron chi connectivity index (χ0n) is 39.8. The number of carbonyl (C=O) groups is 2. The van der Waals surface area contributed by atoms with E-state index in [0.717, 1.165) is 38.5 Å². The Bertz CT molecular complexity index is 1180. The van der Waals surface area contributed by atoms with Crippen molar-refractivity contribution in [1.82, 2.24) is 0 Å². The van der Waals surface area contributed by atoms with E-state index in [0.29, 0.717) is 12.8 Å². The molecule has 0 aromatic heterocycles. The quantitative estimate of drug-likeness (QED) is 0.0168. The van der Waals surface area contributed by atoms with Crippen LogP contribution in [0.4, 0.5) is 0 Å². The first-order chi connectivity index (χ1) is 30.6. The van der Waals surface area contributed by atoms with Crippen molar-refractivity contribution in [3.63, 3.8) is 0 Å². The summed E-state index contributed by atoms with van der Waals surface area (Å²) in [5.74, 6) is -1.09. The molecule has 0 spiro atoms. The van der Waals surface area contributed by atoms with Gasteiger partial charge in [-0.2, -0.15) is 0 Å². The maximum absolute atomic E-state index is 12.7. The van der Waals surface area contributed by atoms with Gasteiger partial charge < -0.3 is 34.8 Å². The minimum absolute atomic E-state index is 0.0898. The predicted molar refractivity (Wildman–Crippen MR) is 254 cm³/mol. The maximum Gasteiger partial charge on any atom is 0.472 e. The molecule has 0 saturated heterocycles. The number of hydrogen-bond acceptors (Lipinski definition) is 11. The van der Waals surface area contributed by atoms with E-state index in [4.69, 9.17) is 23.6 Å². The van der Waals surface area contributed by atoms with Crippen LogP contribution in [0.1, 0.15) is 219 Å². The van der Waals surface area contributed by atoms with Crippen molar-refractivity contribution in [3.8, 4) is 0 Å². The molecule has 0 fully saturated rings. The second-order valence-electron chi connectivity index (χ2n) is 17.1. The van der Waals surface area contributed by atoms with Crippen molar-refractivity contribution < 1.29 is 58.0 Å². The Morgan fingerprint density at radius 3 is 1.25 bits per heavy atom. The van der Waals surface area contributed by atoms with E-state index in [2.05, 4.69) is 50.3 Å². The number of rotatable bonds is 47. The highest BCUT2D eigenvalue weighted by Crippen LogP contribution is 2.45. The minimum atomic E-state index is -4.98. The first-order valence-electron chi connectivity index (χ1n) is 25.1. The van der Waals surface area contributed by atoms with Crippen LogP contribution in [-0.4, -0.2) is 88.1 Å². The normalized spacial score (nSPS) is 15.0. The first kappa shape index (κ1) is 61.1. The van der Waals surface area contributed by atoms with E-state index in [1.54, 1.807) is 0 Å². The molecule has 1 unspecified atom stereocenters. The molecule has 0 aliphatic heterocycles. The summed E-state index contributed by atoms with van der Waals surface area (Å²) >= 11 is 0. The van der Waals surface area contributed by atoms with E-state index in [1.807, 2.05) is 0 Å². The Hall–Kier alpha value is -1.89. The lowest BCUT2D eigenvalue weighted by Gasteiger charge is -2.26. The van der Waals surface area contributed by atoms with Crippen LogP contribution in [0.3, 0.4) is 0 Å². The molecular weight excluding hydrogens is 824 g/mol. The van der Waals surface area contributed by atoms with Gasteiger partial charge in [-0.1, -0.05) is 153 Å². The average Bonchev–Trinajstić information content (AvgIpc) is 3.27. The molecule has 0 aromatic rings. The molecule has 0 amide bonds. The largest absolute Gasteiger partial charge is 0.472 e. The summed E-state index contributed by atoms with van der Waals surface area (Å²) < 4.78 is 33.3. The van der Waals surface area contributed by atoms with Crippen LogP contribution in [0.15, 0.2) is 36.5 Å². The van der Waals surface area contributed by atoms with Gasteiger partial charge in [-0.15, -0.1) is 0 Å². The second-order valence-corrected chi connectivity index (χ2v) is 18.5. The Kier molecular flexibility index (Phi) is 43.9. The number of phosphoric ester groups is 1. The van der Waals surface area contributed by atoms with Crippen molar-refractivity contribution in [2.45, 2.75) is 244 Å². The van der Waals surface area contributed by atoms with Crippen LogP contribution in [-0.2, 0) is 32.7 Å². The summed E-state index contributed by atoms with van der Waals surface area (Å²) in [6.07, 6.45) is 42.0. The summed E-state index contributed by atoms with van der Waals surface area (Å²) in [7, 11) is -4.98. The van der Waals surface area contributed by atoms with Gasteiger partial charge in [0.15, 0.2) is 6.10 Å². The average molecular weight is 917 g/mol. The number of allylic oxidation sites excluding steroid dienone is 6. The maximum atomic E-state index is 12.7. The minimum Gasteiger partial charge on any atom is -0.462 e. The van der Waals surface area contributed by atoms with Gasteiger partial charge in [0.25, 0.3) is 0 Å². The zero-order chi connectivity index (χ0) is 46.5. The second kappa shape index (κ2) is 45.3. The number of ether oxygens (including phenoxy) is 2. The van der Waals surface area contributed by atoms with Gasteiger partial charge in [0, 0.05) is 12.8 Å². The van der Waals surface area contributed by atoms with Gasteiger partial charge in [0.05, 0.1) is 19.8 Å². The molecule has 12 nitrogen and oxygen atoms in total. The number of aliphatic hydroxyl groups excluding tert-OH is 4. The van der Waals surface area contributed by atoms with Gasteiger partial charge in [-0.25, -0.2) is 4.57 Å². The third-order valence-electron chi connectivity index (χ3n) is 11.0. The molecule has 0 saturated carbocycles.